The second-order valence-electron chi connectivity index (χ2n) is 5.95. The predicted octanol–water partition coefficient (Wildman–Crippen LogP) is 0.380. The highest BCUT2D eigenvalue weighted by Crippen LogP contribution is 2.20. The van der Waals surface area contributed by atoms with E-state index in [2.05, 4.69) is 46.2 Å². The molecule has 0 unspecified atom stereocenters. The summed E-state index contributed by atoms with van der Waals surface area (Å²) in [6.45, 7) is 8.62. The number of carbonyl (C=O) groups excluding carboxylic acids is 1. The smallest absolute Gasteiger partial charge is 0.288 e. The Labute approximate surface area is 113 Å². The second kappa shape index (κ2) is 5.16. The minimum atomic E-state index is -0.238. The Morgan fingerprint density at radius 1 is 1.42 bits per heavy atom. The average Bonchev–Trinajstić information content (AvgIpc) is 2.75. The quantitative estimate of drug-likeness (QED) is 0.718. The summed E-state index contributed by atoms with van der Waals surface area (Å²) in [4.78, 5) is 18.1. The van der Waals surface area contributed by atoms with Crippen LogP contribution in [0.1, 0.15) is 44.2 Å². The molecule has 0 bridgehead atoms. The minimum Gasteiger partial charge on any atom is -0.366 e. The van der Waals surface area contributed by atoms with Crippen molar-refractivity contribution in [1.82, 2.24) is 25.4 Å². The van der Waals surface area contributed by atoms with Gasteiger partial charge in [0, 0.05) is 24.7 Å². The highest BCUT2D eigenvalue weighted by atomic mass is 16.2. The fourth-order valence-corrected chi connectivity index (χ4v) is 2.32. The first kappa shape index (κ1) is 13.8. The molecule has 1 fully saturated rings. The van der Waals surface area contributed by atoms with Crippen molar-refractivity contribution in [3.05, 3.63) is 5.82 Å². The van der Waals surface area contributed by atoms with Crippen LogP contribution in [0.2, 0.25) is 0 Å². The third-order valence-corrected chi connectivity index (χ3v) is 3.50. The molecule has 2 heterocycles. The average molecular weight is 266 g/mol. The molecule has 1 aliphatic rings. The molecule has 106 valence electrons. The molecule has 0 aromatic carbocycles. The number of rotatable bonds is 2. The Hall–Kier alpha value is -1.63. The zero-order chi connectivity index (χ0) is 14.0. The number of amides is 1. The molecule has 2 rings (SSSR count). The SMILES string of the molecule is CC(C)(C)N1CCC(NC(=O)c2nc(N)n[nH]2)CC1. The summed E-state index contributed by atoms with van der Waals surface area (Å²) in [7, 11) is 0. The maximum Gasteiger partial charge on any atom is 0.288 e. The van der Waals surface area contributed by atoms with E-state index in [0.717, 1.165) is 25.9 Å². The largest absolute Gasteiger partial charge is 0.366 e. The number of nitrogen functional groups attached to an aromatic ring is 1. The van der Waals surface area contributed by atoms with Crippen LogP contribution in [0.4, 0.5) is 5.95 Å². The van der Waals surface area contributed by atoms with Crippen molar-refractivity contribution in [3.63, 3.8) is 0 Å². The number of aromatic nitrogens is 3. The first-order valence-corrected chi connectivity index (χ1v) is 6.60. The van der Waals surface area contributed by atoms with Crippen LogP contribution < -0.4 is 11.1 Å². The first-order chi connectivity index (χ1) is 8.86. The second-order valence-corrected chi connectivity index (χ2v) is 5.95. The lowest BCUT2D eigenvalue weighted by molar-refractivity contribution is 0.0805. The van der Waals surface area contributed by atoms with E-state index in [1.807, 2.05) is 0 Å². The predicted molar refractivity (Wildman–Crippen MR) is 72.6 cm³/mol. The van der Waals surface area contributed by atoms with Gasteiger partial charge in [0.2, 0.25) is 11.8 Å². The summed E-state index contributed by atoms with van der Waals surface area (Å²) < 4.78 is 0. The van der Waals surface area contributed by atoms with Crippen LogP contribution in [-0.4, -0.2) is 50.7 Å². The lowest BCUT2D eigenvalue weighted by Crippen LogP contribution is -2.50. The topological polar surface area (TPSA) is 99.9 Å². The molecular weight excluding hydrogens is 244 g/mol. The van der Waals surface area contributed by atoms with Crippen molar-refractivity contribution in [1.29, 1.82) is 0 Å². The maximum absolute atomic E-state index is 11.9. The van der Waals surface area contributed by atoms with E-state index in [-0.39, 0.29) is 29.3 Å². The first-order valence-electron chi connectivity index (χ1n) is 6.60. The molecule has 1 aromatic rings. The standard InChI is InChI=1S/C12H22N6O/c1-12(2,3)18-6-4-8(5-7-18)14-10(19)9-15-11(13)17-16-9/h8H,4-7H2,1-3H3,(H,14,19)(H3,13,15,16,17). The fourth-order valence-electron chi connectivity index (χ4n) is 2.32. The van der Waals surface area contributed by atoms with Gasteiger partial charge in [-0.05, 0) is 33.6 Å². The van der Waals surface area contributed by atoms with Gasteiger partial charge in [-0.1, -0.05) is 0 Å². The summed E-state index contributed by atoms with van der Waals surface area (Å²) in [6.07, 6.45) is 1.90. The van der Waals surface area contributed by atoms with Crippen LogP contribution in [-0.2, 0) is 0 Å². The van der Waals surface area contributed by atoms with E-state index in [1.165, 1.54) is 0 Å². The Morgan fingerprint density at radius 3 is 2.53 bits per heavy atom. The van der Waals surface area contributed by atoms with Gasteiger partial charge in [-0.15, -0.1) is 5.10 Å². The fraction of sp³-hybridized carbons (Fsp3) is 0.750. The lowest BCUT2D eigenvalue weighted by atomic mass is 9.98. The maximum atomic E-state index is 11.9. The zero-order valence-corrected chi connectivity index (χ0v) is 11.7. The third kappa shape index (κ3) is 3.44. The van der Waals surface area contributed by atoms with Gasteiger partial charge in [-0.25, -0.2) is 0 Å². The van der Waals surface area contributed by atoms with Crippen LogP contribution in [0, 0.1) is 0 Å². The van der Waals surface area contributed by atoms with Crippen molar-refractivity contribution in [2.75, 3.05) is 18.8 Å². The summed E-state index contributed by atoms with van der Waals surface area (Å²) in [6, 6.07) is 0.192. The van der Waals surface area contributed by atoms with Crippen LogP contribution in [0.25, 0.3) is 0 Å². The molecule has 0 aliphatic carbocycles. The molecule has 0 saturated carbocycles. The summed E-state index contributed by atoms with van der Waals surface area (Å²) in [5.74, 6) is 0.0295. The highest BCUT2D eigenvalue weighted by Gasteiger charge is 2.28. The number of aromatic amines is 1. The van der Waals surface area contributed by atoms with Crippen molar-refractivity contribution in [2.45, 2.75) is 45.2 Å². The Morgan fingerprint density at radius 2 is 2.05 bits per heavy atom. The van der Waals surface area contributed by atoms with E-state index in [4.69, 9.17) is 5.73 Å². The molecule has 0 spiro atoms. The third-order valence-electron chi connectivity index (χ3n) is 3.50. The van der Waals surface area contributed by atoms with E-state index in [1.54, 1.807) is 0 Å². The number of anilines is 1. The summed E-state index contributed by atoms with van der Waals surface area (Å²) in [5, 5.41) is 9.13. The van der Waals surface area contributed by atoms with Crippen LogP contribution in [0.5, 0.6) is 0 Å². The molecule has 7 heteroatoms. The van der Waals surface area contributed by atoms with Crippen LogP contribution in [0.3, 0.4) is 0 Å². The van der Waals surface area contributed by atoms with Gasteiger partial charge in [0.15, 0.2) is 0 Å². The molecule has 4 N–H and O–H groups in total. The van der Waals surface area contributed by atoms with Crippen LogP contribution in [0.15, 0.2) is 0 Å². The van der Waals surface area contributed by atoms with Gasteiger partial charge < -0.3 is 11.1 Å². The normalized spacial score (nSPS) is 18.5. The molecule has 1 aliphatic heterocycles. The number of hydrogen-bond acceptors (Lipinski definition) is 5. The number of nitrogens with one attached hydrogen (secondary N) is 2. The molecule has 1 saturated heterocycles. The minimum absolute atomic E-state index is 0.0905. The monoisotopic (exact) mass is 266 g/mol. The van der Waals surface area contributed by atoms with Gasteiger partial charge in [0.1, 0.15) is 0 Å². The van der Waals surface area contributed by atoms with Gasteiger partial charge in [0.05, 0.1) is 0 Å². The zero-order valence-electron chi connectivity index (χ0n) is 11.7. The van der Waals surface area contributed by atoms with Gasteiger partial charge in [-0.2, -0.15) is 4.98 Å². The number of piperidine rings is 1. The number of likely N-dealkylation sites (tertiary alicyclic amines) is 1. The number of hydrogen-bond donors (Lipinski definition) is 3. The van der Waals surface area contributed by atoms with Crippen molar-refractivity contribution in [2.24, 2.45) is 0 Å². The lowest BCUT2D eigenvalue weighted by Gasteiger charge is -2.40. The summed E-state index contributed by atoms with van der Waals surface area (Å²) in [5.41, 5.74) is 5.56. The molecule has 1 aromatic heterocycles. The van der Waals surface area contributed by atoms with Crippen LogP contribution >= 0.6 is 0 Å². The van der Waals surface area contributed by atoms with Crippen molar-refractivity contribution in [3.8, 4) is 0 Å². The van der Waals surface area contributed by atoms with E-state index >= 15 is 0 Å². The number of nitrogens with zero attached hydrogens (tertiary/aromatic N) is 3. The van der Waals surface area contributed by atoms with E-state index in [9.17, 15) is 4.79 Å². The van der Waals surface area contributed by atoms with Crippen molar-refractivity contribution < 1.29 is 4.79 Å². The number of nitrogens with two attached hydrogens (primary N) is 1. The Kier molecular flexibility index (Phi) is 3.75. The molecule has 1 amide bonds. The van der Waals surface area contributed by atoms with Gasteiger partial charge in [0.25, 0.3) is 5.91 Å². The number of H-pyrrole nitrogens is 1. The van der Waals surface area contributed by atoms with Gasteiger partial charge >= 0.3 is 0 Å². The van der Waals surface area contributed by atoms with E-state index in [0.29, 0.717) is 0 Å². The molecular formula is C12H22N6O. The molecule has 0 radical (unpaired) electrons. The molecule has 0 atom stereocenters. The van der Waals surface area contributed by atoms with Gasteiger partial charge in [-0.3, -0.25) is 14.8 Å². The highest BCUT2D eigenvalue weighted by molar-refractivity contribution is 5.90. The Balaban J connectivity index is 1.84. The molecule has 19 heavy (non-hydrogen) atoms. The number of carbonyl (C=O) groups is 1. The van der Waals surface area contributed by atoms with E-state index < -0.39 is 0 Å². The molecule has 7 nitrogen and oxygen atoms in total. The Bertz CT molecular complexity index is 441. The van der Waals surface area contributed by atoms with Crippen molar-refractivity contribution >= 4 is 11.9 Å². The summed E-state index contributed by atoms with van der Waals surface area (Å²) >= 11 is 0.